The molecule has 0 aliphatic rings. The van der Waals surface area contributed by atoms with Gasteiger partial charge in [-0.15, -0.1) is 5.10 Å². The van der Waals surface area contributed by atoms with Gasteiger partial charge >= 0.3 is 6.03 Å². The fourth-order valence-corrected chi connectivity index (χ4v) is 3.84. The summed E-state index contributed by atoms with van der Waals surface area (Å²) < 4.78 is 31.7. The van der Waals surface area contributed by atoms with Gasteiger partial charge in [0.15, 0.2) is 5.76 Å². The Kier molecular flexibility index (Phi) is 5.37. The largest absolute Gasteiger partial charge is 0.360 e. The van der Waals surface area contributed by atoms with Gasteiger partial charge in [0.25, 0.3) is 5.16 Å². The first-order chi connectivity index (χ1) is 11.4. The van der Waals surface area contributed by atoms with Crippen molar-refractivity contribution in [1.29, 1.82) is 0 Å². The van der Waals surface area contributed by atoms with Crippen molar-refractivity contribution in [2.75, 3.05) is 13.1 Å². The quantitative estimate of drug-likeness (QED) is 0.772. The van der Waals surface area contributed by atoms with Crippen molar-refractivity contribution >= 4 is 15.9 Å². The Bertz CT molecular complexity index is 799. The summed E-state index contributed by atoms with van der Waals surface area (Å²) in [6.45, 7) is 8.19. The van der Waals surface area contributed by atoms with Gasteiger partial charge in [0, 0.05) is 19.5 Å². The van der Waals surface area contributed by atoms with Gasteiger partial charge in [0.2, 0.25) is 9.84 Å². The van der Waals surface area contributed by atoms with Crippen LogP contribution in [-0.2, 0) is 22.7 Å². The Balaban J connectivity index is 2.46. The number of nitrogens with zero attached hydrogens (tertiary/aromatic N) is 5. The summed E-state index contributed by atoms with van der Waals surface area (Å²) in [6.07, 6.45) is 1.89. The molecule has 0 radical (unpaired) electrons. The maximum atomic E-state index is 12.8. The van der Waals surface area contributed by atoms with E-state index in [4.69, 9.17) is 4.52 Å². The molecule has 0 atom stereocenters. The number of rotatable bonds is 6. The van der Waals surface area contributed by atoms with Crippen molar-refractivity contribution in [2.45, 2.75) is 50.6 Å². The number of aryl methyl sites for hydroxylation is 2. The van der Waals surface area contributed by atoms with E-state index in [9.17, 15) is 13.2 Å². The van der Waals surface area contributed by atoms with Gasteiger partial charge in [-0.3, -0.25) is 0 Å². The fourth-order valence-electron chi connectivity index (χ4n) is 2.30. The summed E-state index contributed by atoms with van der Waals surface area (Å²) in [7, 11) is -4.00. The van der Waals surface area contributed by atoms with Gasteiger partial charge in [-0.05, 0) is 20.3 Å². The van der Waals surface area contributed by atoms with Crippen LogP contribution in [0, 0.1) is 0 Å². The molecule has 0 aromatic carbocycles. The van der Waals surface area contributed by atoms with E-state index in [1.54, 1.807) is 13.8 Å². The first-order valence-electron chi connectivity index (χ1n) is 7.83. The second-order valence-electron chi connectivity index (χ2n) is 5.02. The Hall–Kier alpha value is -2.23. The Labute approximate surface area is 140 Å². The summed E-state index contributed by atoms with van der Waals surface area (Å²) in [6, 6.07) is -0.425. The molecule has 1 amide bonds. The highest BCUT2D eigenvalue weighted by Gasteiger charge is 2.32. The Morgan fingerprint density at radius 1 is 1.21 bits per heavy atom. The van der Waals surface area contributed by atoms with Crippen LogP contribution < -0.4 is 0 Å². The summed E-state index contributed by atoms with van der Waals surface area (Å²) in [4.78, 5) is 17.6. The smallest absolute Gasteiger partial charge is 0.346 e. The summed E-state index contributed by atoms with van der Waals surface area (Å²) >= 11 is 0. The third-order valence-electron chi connectivity index (χ3n) is 3.65. The van der Waals surface area contributed by atoms with E-state index in [2.05, 4.69) is 15.2 Å². The summed E-state index contributed by atoms with van der Waals surface area (Å²) in [5.41, 5.74) is 0.332. The molecule has 2 aromatic rings. The van der Waals surface area contributed by atoms with Crippen molar-refractivity contribution in [3.05, 3.63) is 17.8 Å². The average Bonchev–Trinajstić information content (AvgIpc) is 3.22. The fraction of sp³-hybridized carbons (Fsp3) is 0.571. The van der Waals surface area contributed by atoms with Gasteiger partial charge in [0.05, 0.1) is 0 Å². The zero-order valence-electron chi connectivity index (χ0n) is 14.2. The molecular weight excluding hydrogens is 334 g/mol. The van der Waals surface area contributed by atoms with E-state index in [1.807, 2.05) is 13.8 Å². The first-order valence-corrected chi connectivity index (χ1v) is 9.32. The van der Waals surface area contributed by atoms with Crippen LogP contribution in [0.3, 0.4) is 0 Å². The molecule has 2 heterocycles. The highest BCUT2D eigenvalue weighted by Crippen LogP contribution is 2.26. The molecule has 2 aromatic heterocycles. The number of amides is 1. The van der Waals surface area contributed by atoms with Crippen molar-refractivity contribution < 1.29 is 17.7 Å². The van der Waals surface area contributed by atoms with Crippen molar-refractivity contribution in [2.24, 2.45) is 0 Å². The molecular formula is C14H21N5O4S. The first kappa shape index (κ1) is 18.1. The molecule has 0 spiro atoms. The van der Waals surface area contributed by atoms with E-state index in [0.29, 0.717) is 31.6 Å². The molecule has 0 bridgehead atoms. The molecule has 0 saturated carbocycles. The predicted molar refractivity (Wildman–Crippen MR) is 84.4 cm³/mol. The van der Waals surface area contributed by atoms with Crippen LogP contribution in [0.5, 0.6) is 0 Å². The minimum Gasteiger partial charge on any atom is -0.360 e. The van der Waals surface area contributed by atoms with Gasteiger partial charge in [-0.25, -0.2) is 18.2 Å². The van der Waals surface area contributed by atoms with Gasteiger partial charge in [-0.2, -0.15) is 4.68 Å². The number of hydrogen-bond acceptors (Lipinski definition) is 7. The van der Waals surface area contributed by atoms with Crippen LogP contribution in [0.15, 0.2) is 20.9 Å². The molecule has 132 valence electrons. The molecule has 0 fully saturated rings. The lowest BCUT2D eigenvalue weighted by Crippen LogP contribution is -2.34. The van der Waals surface area contributed by atoms with Crippen molar-refractivity contribution in [3.8, 4) is 0 Å². The van der Waals surface area contributed by atoms with E-state index in [0.717, 1.165) is 11.0 Å². The second kappa shape index (κ2) is 7.12. The van der Waals surface area contributed by atoms with Gasteiger partial charge < -0.3 is 9.42 Å². The number of carbonyl (C=O) groups is 1. The van der Waals surface area contributed by atoms with Crippen LogP contribution >= 0.6 is 0 Å². The molecule has 10 heteroatoms. The number of hydrogen-bond donors (Lipinski definition) is 0. The molecule has 0 N–H and O–H groups in total. The normalized spacial score (nSPS) is 11.7. The topological polar surface area (TPSA) is 111 Å². The molecule has 9 nitrogen and oxygen atoms in total. The molecule has 0 unspecified atom stereocenters. The molecule has 0 saturated heterocycles. The highest BCUT2D eigenvalue weighted by molar-refractivity contribution is 7.91. The number of sulfone groups is 1. The lowest BCUT2D eigenvalue weighted by Gasteiger charge is -2.17. The number of aromatic nitrogens is 4. The maximum Gasteiger partial charge on any atom is 0.346 e. The minimum absolute atomic E-state index is 0.000498. The van der Waals surface area contributed by atoms with Crippen LogP contribution in [0.25, 0.3) is 0 Å². The third-order valence-corrected chi connectivity index (χ3v) is 5.32. The van der Waals surface area contributed by atoms with E-state index >= 15 is 0 Å². The summed E-state index contributed by atoms with van der Waals surface area (Å²) in [5.74, 6) is 0.262. The van der Waals surface area contributed by atoms with Gasteiger partial charge in [-0.1, -0.05) is 19.0 Å². The average molecular weight is 355 g/mol. The zero-order valence-corrected chi connectivity index (χ0v) is 15.0. The SMILES string of the molecule is CCc1noc(CC)c1S(=O)(=O)c1ncn(C(=O)N(CC)CC)n1. The van der Waals surface area contributed by atoms with Crippen molar-refractivity contribution in [3.63, 3.8) is 0 Å². The van der Waals surface area contributed by atoms with Gasteiger partial charge in [0.1, 0.15) is 16.9 Å². The molecule has 24 heavy (non-hydrogen) atoms. The van der Waals surface area contributed by atoms with Crippen LogP contribution in [0.1, 0.15) is 39.1 Å². The van der Waals surface area contributed by atoms with Crippen LogP contribution in [-0.4, -0.2) is 52.4 Å². The van der Waals surface area contributed by atoms with E-state index in [-0.39, 0.29) is 10.7 Å². The third kappa shape index (κ3) is 3.05. The molecule has 0 aliphatic heterocycles. The molecule has 0 aliphatic carbocycles. The maximum absolute atomic E-state index is 12.8. The van der Waals surface area contributed by atoms with E-state index < -0.39 is 21.0 Å². The lowest BCUT2D eigenvalue weighted by molar-refractivity contribution is 0.201. The Morgan fingerprint density at radius 2 is 1.88 bits per heavy atom. The highest BCUT2D eigenvalue weighted by atomic mass is 32.2. The standard InChI is InChI=1S/C14H21N5O4S/c1-5-10-12(11(6-2)23-17-10)24(21,22)13-15-9-19(16-13)14(20)18(7-3)8-4/h9H,5-8H2,1-4H3. The lowest BCUT2D eigenvalue weighted by atomic mass is 10.3. The van der Waals surface area contributed by atoms with Crippen LogP contribution in [0.2, 0.25) is 0 Å². The minimum atomic E-state index is -4.00. The molecule has 2 rings (SSSR count). The number of carbonyl (C=O) groups excluding carboxylic acids is 1. The van der Waals surface area contributed by atoms with Crippen molar-refractivity contribution in [1.82, 2.24) is 24.8 Å². The van der Waals surface area contributed by atoms with E-state index in [1.165, 1.54) is 4.90 Å². The summed E-state index contributed by atoms with van der Waals surface area (Å²) in [5, 5.41) is 7.23. The second-order valence-corrected chi connectivity index (χ2v) is 6.80. The van der Waals surface area contributed by atoms with Crippen LogP contribution in [0.4, 0.5) is 4.79 Å². The predicted octanol–water partition coefficient (Wildman–Crippen LogP) is 1.53. The zero-order chi connectivity index (χ0) is 17.9. The Morgan fingerprint density at radius 3 is 2.42 bits per heavy atom. The monoisotopic (exact) mass is 355 g/mol.